The van der Waals surface area contributed by atoms with Gasteiger partial charge in [0.25, 0.3) is 0 Å². The van der Waals surface area contributed by atoms with Gasteiger partial charge in [-0.15, -0.1) is 0 Å². The summed E-state index contributed by atoms with van der Waals surface area (Å²) >= 11 is 0. The second kappa shape index (κ2) is 3.71. The van der Waals surface area contributed by atoms with E-state index in [1.807, 2.05) is 0 Å². The first-order valence-electron chi connectivity index (χ1n) is 5.69. The number of allylic oxidation sites excluding steroid dienone is 2. The van der Waals surface area contributed by atoms with Crippen LogP contribution < -0.4 is 0 Å². The van der Waals surface area contributed by atoms with E-state index in [4.69, 9.17) is 0 Å². The van der Waals surface area contributed by atoms with Gasteiger partial charge < -0.3 is 15.3 Å². The van der Waals surface area contributed by atoms with Crippen LogP contribution in [0.3, 0.4) is 0 Å². The molecule has 0 saturated carbocycles. The van der Waals surface area contributed by atoms with Gasteiger partial charge in [-0.2, -0.15) is 0 Å². The van der Waals surface area contributed by atoms with Gasteiger partial charge in [0, 0.05) is 16.7 Å². The summed E-state index contributed by atoms with van der Waals surface area (Å²) in [6.07, 6.45) is 0.687. The molecule has 5 heteroatoms. The summed E-state index contributed by atoms with van der Waals surface area (Å²) in [5.41, 5.74) is -0.213. The van der Waals surface area contributed by atoms with Crippen LogP contribution in [-0.2, 0) is 0 Å². The molecule has 0 fully saturated rings. The Morgan fingerprint density at radius 3 is 2.21 bits per heavy atom. The van der Waals surface area contributed by atoms with Gasteiger partial charge in [0.05, 0.1) is 5.57 Å². The molecule has 0 aliphatic heterocycles. The average Bonchev–Trinajstić information content (AvgIpc) is 2.39. The van der Waals surface area contributed by atoms with E-state index in [9.17, 15) is 24.9 Å². The van der Waals surface area contributed by atoms with Crippen molar-refractivity contribution in [2.24, 2.45) is 0 Å². The van der Waals surface area contributed by atoms with Crippen molar-refractivity contribution in [3.05, 3.63) is 58.7 Å². The molecular weight excluding hydrogens is 248 g/mol. The van der Waals surface area contributed by atoms with E-state index in [1.54, 1.807) is 12.1 Å². The molecule has 5 nitrogen and oxygen atoms in total. The molecule has 2 aliphatic carbocycles. The maximum atomic E-state index is 12.3. The Bertz CT molecular complexity index is 666. The number of fused-ring (bicyclic) bond motifs is 1. The van der Waals surface area contributed by atoms with Crippen molar-refractivity contribution in [2.75, 3.05) is 0 Å². The van der Waals surface area contributed by atoms with Crippen LogP contribution in [0.1, 0.15) is 20.7 Å². The molecule has 19 heavy (non-hydrogen) atoms. The van der Waals surface area contributed by atoms with Crippen molar-refractivity contribution in [3.63, 3.8) is 0 Å². The van der Waals surface area contributed by atoms with Crippen molar-refractivity contribution in [3.8, 4) is 0 Å². The fraction of sp³-hybridized carbons (Fsp3) is 0.143. The molecule has 0 radical (unpaired) electrons. The van der Waals surface area contributed by atoms with Crippen molar-refractivity contribution in [1.82, 2.24) is 0 Å². The third-order valence-corrected chi connectivity index (χ3v) is 3.38. The third kappa shape index (κ3) is 1.46. The third-order valence-electron chi connectivity index (χ3n) is 3.38. The molecule has 96 valence electrons. The van der Waals surface area contributed by atoms with E-state index in [0.717, 1.165) is 6.08 Å². The molecule has 1 atom stereocenters. The predicted molar refractivity (Wildman–Crippen MR) is 64.4 cm³/mol. The first-order valence-corrected chi connectivity index (χ1v) is 5.69. The monoisotopic (exact) mass is 258 g/mol. The molecule has 1 aromatic carbocycles. The van der Waals surface area contributed by atoms with E-state index in [2.05, 4.69) is 0 Å². The van der Waals surface area contributed by atoms with Crippen LogP contribution in [0.2, 0.25) is 0 Å². The standard InChI is InChI=1S/C14H10O5/c15-10-6-5-9-11(14(10,18)19)13(17)8-4-2-1-3-7(8)12(9)16/h1-6,10,15,18-19H. The zero-order chi connectivity index (χ0) is 13.8. The highest BCUT2D eigenvalue weighted by atomic mass is 16.5. The Kier molecular flexibility index (Phi) is 2.34. The molecule has 1 aromatic rings. The zero-order valence-corrected chi connectivity index (χ0v) is 9.70. The second-order valence-corrected chi connectivity index (χ2v) is 4.52. The molecule has 0 spiro atoms. The number of carbonyl (C=O) groups excluding carboxylic acids is 2. The number of aliphatic hydroxyl groups is 3. The SMILES string of the molecule is O=C1C2=C(C(=O)c3ccccc31)C(O)(O)C(O)C=C2. The fourth-order valence-electron chi connectivity index (χ4n) is 2.39. The van der Waals surface area contributed by atoms with Crippen LogP contribution in [0.25, 0.3) is 0 Å². The summed E-state index contributed by atoms with van der Waals surface area (Å²) < 4.78 is 0. The normalized spacial score (nSPS) is 24.3. The topological polar surface area (TPSA) is 94.8 Å². The first-order chi connectivity index (χ1) is 8.94. The van der Waals surface area contributed by atoms with Crippen molar-refractivity contribution in [1.29, 1.82) is 0 Å². The minimum absolute atomic E-state index is 0.0843. The summed E-state index contributed by atoms with van der Waals surface area (Å²) in [4.78, 5) is 24.5. The number of Topliss-reactive ketones (excluding diaryl/α,β-unsaturated/α-hetero) is 2. The molecule has 1 unspecified atom stereocenters. The van der Waals surface area contributed by atoms with E-state index in [0.29, 0.717) is 0 Å². The Balaban J connectivity index is 2.29. The molecule has 0 saturated heterocycles. The number of rotatable bonds is 0. The molecule has 0 amide bonds. The summed E-state index contributed by atoms with van der Waals surface area (Å²) in [5.74, 6) is -3.86. The largest absolute Gasteiger partial charge is 0.383 e. The Labute approximate surface area is 108 Å². The molecule has 2 aliphatic rings. The highest BCUT2D eigenvalue weighted by molar-refractivity contribution is 6.28. The van der Waals surface area contributed by atoms with Crippen molar-refractivity contribution >= 4 is 11.6 Å². The van der Waals surface area contributed by atoms with Crippen LogP contribution >= 0.6 is 0 Å². The molecule has 0 aromatic heterocycles. The Hall–Kier alpha value is -2.08. The molecule has 3 N–H and O–H groups in total. The minimum Gasteiger partial charge on any atom is -0.383 e. The minimum atomic E-state index is -2.75. The predicted octanol–water partition coefficient (Wildman–Crippen LogP) is -0.0262. The number of hydrogen-bond donors (Lipinski definition) is 3. The summed E-state index contributed by atoms with van der Waals surface area (Å²) in [6, 6.07) is 6.16. The highest BCUT2D eigenvalue weighted by Crippen LogP contribution is 2.36. The van der Waals surface area contributed by atoms with E-state index >= 15 is 0 Å². The molecule has 0 heterocycles. The molecule has 0 bridgehead atoms. The summed E-state index contributed by atoms with van der Waals surface area (Å²) in [5, 5.41) is 29.3. The van der Waals surface area contributed by atoms with Gasteiger partial charge >= 0.3 is 0 Å². The maximum Gasteiger partial charge on any atom is 0.225 e. The number of hydrogen-bond acceptors (Lipinski definition) is 5. The van der Waals surface area contributed by atoms with Crippen LogP contribution in [-0.4, -0.2) is 38.8 Å². The van der Waals surface area contributed by atoms with Gasteiger partial charge in [-0.1, -0.05) is 30.3 Å². The van der Waals surface area contributed by atoms with Gasteiger partial charge in [-0.25, -0.2) is 0 Å². The van der Waals surface area contributed by atoms with E-state index in [1.165, 1.54) is 18.2 Å². The van der Waals surface area contributed by atoms with Crippen LogP contribution in [0.4, 0.5) is 0 Å². The quantitative estimate of drug-likeness (QED) is 0.568. The van der Waals surface area contributed by atoms with E-state index in [-0.39, 0.29) is 16.7 Å². The van der Waals surface area contributed by atoms with Crippen molar-refractivity contribution < 1.29 is 24.9 Å². The number of ketones is 2. The molecule has 3 rings (SSSR count). The Morgan fingerprint density at radius 2 is 1.58 bits per heavy atom. The lowest BCUT2D eigenvalue weighted by Gasteiger charge is -2.34. The van der Waals surface area contributed by atoms with Crippen molar-refractivity contribution in [2.45, 2.75) is 11.9 Å². The average molecular weight is 258 g/mol. The van der Waals surface area contributed by atoms with Crippen LogP contribution in [0, 0.1) is 0 Å². The number of benzene rings is 1. The van der Waals surface area contributed by atoms with Crippen LogP contribution in [0.15, 0.2) is 47.6 Å². The van der Waals surface area contributed by atoms with Gasteiger partial charge in [0.15, 0.2) is 11.6 Å². The Morgan fingerprint density at radius 1 is 1.00 bits per heavy atom. The lowest BCUT2D eigenvalue weighted by atomic mass is 9.76. The molecular formula is C14H10O5. The second-order valence-electron chi connectivity index (χ2n) is 4.52. The zero-order valence-electron chi connectivity index (χ0n) is 9.70. The summed E-state index contributed by atoms with van der Waals surface area (Å²) in [7, 11) is 0. The fourth-order valence-corrected chi connectivity index (χ4v) is 2.39. The van der Waals surface area contributed by atoms with Gasteiger partial charge in [0.2, 0.25) is 5.79 Å². The highest BCUT2D eigenvalue weighted by Gasteiger charge is 2.47. The lowest BCUT2D eigenvalue weighted by Crippen LogP contribution is -2.49. The number of aliphatic hydroxyl groups excluding tert-OH is 1. The first kappa shape index (κ1) is 12.0. The maximum absolute atomic E-state index is 12.3. The smallest absolute Gasteiger partial charge is 0.225 e. The summed E-state index contributed by atoms with van der Waals surface area (Å²) in [6.45, 7) is 0. The van der Waals surface area contributed by atoms with Gasteiger partial charge in [-0.3, -0.25) is 9.59 Å². The van der Waals surface area contributed by atoms with E-state index < -0.39 is 29.0 Å². The van der Waals surface area contributed by atoms with Gasteiger partial charge in [-0.05, 0) is 6.08 Å². The lowest BCUT2D eigenvalue weighted by molar-refractivity contribution is -0.180. The number of carbonyl (C=O) groups is 2. The van der Waals surface area contributed by atoms with Crippen LogP contribution in [0.5, 0.6) is 0 Å². The van der Waals surface area contributed by atoms with Gasteiger partial charge in [0.1, 0.15) is 6.10 Å².